The van der Waals surface area contributed by atoms with Gasteiger partial charge >= 0.3 is 0 Å². The van der Waals surface area contributed by atoms with Crippen molar-refractivity contribution in [3.8, 4) is 0 Å². The first kappa shape index (κ1) is 18.9. The predicted octanol–water partition coefficient (Wildman–Crippen LogP) is 0.577. The number of rotatable bonds is 2. The summed E-state index contributed by atoms with van der Waals surface area (Å²) in [5.74, 6) is 5.37. The van der Waals surface area contributed by atoms with Crippen LogP contribution in [0.15, 0.2) is 10.1 Å². The van der Waals surface area contributed by atoms with Gasteiger partial charge in [-0.05, 0) is 19.3 Å². The molecule has 0 aromatic heterocycles. The molecule has 0 fully saturated rings. The third-order valence-corrected chi connectivity index (χ3v) is 4.59. The molecule has 1 aliphatic rings. The summed E-state index contributed by atoms with van der Waals surface area (Å²) in [5.41, 5.74) is 6.26. The van der Waals surface area contributed by atoms with Crippen LogP contribution in [0.3, 0.4) is 0 Å². The molecule has 1 aliphatic heterocycles. The van der Waals surface area contributed by atoms with Crippen LogP contribution >= 0.6 is 8.73 Å². The SMILES string of the molecule is CC(C)C(=O)C1CCCCN=CC(=NN)CC(N)C(=O)PN1. The van der Waals surface area contributed by atoms with E-state index in [2.05, 4.69) is 15.2 Å². The molecule has 22 heavy (non-hydrogen) atoms. The topological polar surface area (TPSA) is 123 Å². The number of nitrogens with one attached hydrogen (secondary N) is 1. The van der Waals surface area contributed by atoms with Crippen molar-refractivity contribution in [3.05, 3.63) is 0 Å². The fraction of sp³-hybridized carbons (Fsp3) is 0.714. The minimum atomic E-state index is -0.685. The van der Waals surface area contributed by atoms with E-state index in [0.29, 0.717) is 18.7 Å². The molecular formula is C14H26N5O2P. The monoisotopic (exact) mass is 327 g/mol. The Labute approximate surface area is 133 Å². The number of ketones is 1. The maximum absolute atomic E-state index is 12.2. The lowest BCUT2D eigenvalue weighted by atomic mass is 9.98. The predicted molar refractivity (Wildman–Crippen MR) is 91.5 cm³/mol. The molecule has 0 radical (unpaired) electrons. The van der Waals surface area contributed by atoms with Gasteiger partial charge in [-0.3, -0.25) is 19.7 Å². The smallest absolute Gasteiger partial charge is 0.183 e. The van der Waals surface area contributed by atoms with Gasteiger partial charge in [0.2, 0.25) is 0 Å². The number of carbonyl (C=O) groups excluding carboxylic acids is 2. The van der Waals surface area contributed by atoms with Crippen molar-refractivity contribution in [2.75, 3.05) is 6.54 Å². The fourth-order valence-corrected chi connectivity index (χ4v) is 3.01. The first-order valence-corrected chi connectivity index (χ1v) is 8.57. The second-order valence-electron chi connectivity index (χ2n) is 5.71. The van der Waals surface area contributed by atoms with Crippen molar-refractivity contribution in [1.29, 1.82) is 0 Å². The highest BCUT2D eigenvalue weighted by Gasteiger charge is 2.23. The Kier molecular flexibility index (Phi) is 8.38. The molecule has 124 valence electrons. The van der Waals surface area contributed by atoms with Crippen LogP contribution in [0.1, 0.15) is 39.5 Å². The number of nitrogens with two attached hydrogens (primary N) is 2. The molecule has 0 spiro atoms. The summed E-state index contributed by atoms with van der Waals surface area (Å²) in [7, 11) is -0.189. The van der Waals surface area contributed by atoms with Gasteiger partial charge < -0.3 is 11.6 Å². The van der Waals surface area contributed by atoms with E-state index in [1.54, 1.807) is 6.21 Å². The largest absolute Gasteiger partial charge is 0.323 e. The molecule has 0 aromatic carbocycles. The van der Waals surface area contributed by atoms with E-state index in [1.165, 1.54) is 0 Å². The minimum Gasteiger partial charge on any atom is -0.323 e. The van der Waals surface area contributed by atoms with Gasteiger partial charge in [0.1, 0.15) is 0 Å². The second-order valence-corrected chi connectivity index (χ2v) is 6.74. The molecular weight excluding hydrogens is 301 g/mol. The molecule has 5 N–H and O–H groups in total. The summed E-state index contributed by atoms with van der Waals surface area (Å²) in [5, 5.41) is 6.70. The number of Topliss-reactive ketones (excluding diaryl/α,β-unsaturated/α-hetero) is 1. The maximum atomic E-state index is 12.2. The summed E-state index contributed by atoms with van der Waals surface area (Å²) in [6.07, 6.45) is 4.29. The Hall–Kier alpha value is -1.17. The lowest BCUT2D eigenvalue weighted by Crippen LogP contribution is -2.38. The van der Waals surface area contributed by atoms with E-state index in [9.17, 15) is 9.59 Å². The summed E-state index contributed by atoms with van der Waals surface area (Å²) in [6.45, 7) is 4.39. The maximum Gasteiger partial charge on any atom is 0.183 e. The summed E-state index contributed by atoms with van der Waals surface area (Å²) < 4.78 is 0. The molecule has 0 bridgehead atoms. The van der Waals surface area contributed by atoms with Gasteiger partial charge in [-0.25, -0.2) is 0 Å². The highest BCUT2D eigenvalue weighted by Crippen LogP contribution is 2.17. The van der Waals surface area contributed by atoms with Crippen molar-refractivity contribution in [3.63, 3.8) is 0 Å². The number of nitrogens with zero attached hydrogens (tertiary/aromatic N) is 2. The zero-order valence-electron chi connectivity index (χ0n) is 13.2. The number of carbonyl (C=O) groups is 2. The van der Waals surface area contributed by atoms with Gasteiger partial charge in [-0.2, -0.15) is 5.10 Å². The van der Waals surface area contributed by atoms with Crippen LogP contribution in [0.5, 0.6) is 0 Å². The second kappa shape index (κ2) is 9.77. The number of aliphatic imine (C=N–C) groups is 1. The Morgan fingerprint density at radius 2 is 2.23 bits per heavy atom. The van der Waals surface area contributed by atoms with Gasteiger partial charge in [-0.15, -0.1) is 0 Å². The van der Waals surface area contributed by atoms with Crippen LogP contribution < -0.4 is 16.7 Å². The molecule has 0 saturated heterocycles. The summed E-state index contributed by atoms with van der Waals surface area (Å²) in [6, 6.07) is -0.975. The van der Waals surface area contributed by atoms with Crippen LogP contribution in [0.25, 0.3) is 0 Å². The Bertz CT molecular complexity index is 451. The highest BCUT2D eigenvalue weighted by molar-refractivity contribution is 7.56. The van der Waals surface area contributed by atoms with E-state index in [0.717, 1.165) is 12.8 Å². The van der Waals surface area contributed by atoms with E-state index in [-0.39, 0.29) is 38.4 Å². The van der Waals surface area contributed by atoms with Crippen molar-refractivity contribution >= 4 is 32.0 Å². The summed E-state index contributed by atoms with van der Waals surface area (Å²) in [4.78, 5) is 28.5. The number of hydrazone groups is 1. The van der Waals surface area contributed by atoms with E-state index >= 15 is 0 Å². The van der Waals surface area contributed by atoms with Gasteiger partial charge in [0, 0.05) is 33.8 Å². The zero-order chi connectivity index (χ0) is 16.5. The number of hydrogen-bond donors (Lipinski definition) is 3. The van der Waals surface area contributed by atoms with E-state index < -0.39 is 6.04 Å². The molecule has 0 saturated carbocycles. The van der Waals surface area contributed by atoms with Crippen LogP contribution in [0, 0.1) is 5.92 Å². The Morgan fingerprint density at radius 1 is 1.50 bits per heavy atom. The molecule has 1 heterocycles. The lowest BCUT2D eigenvalue weighted by Gasteiger charge is -2.20. The van der Waals surface area contributed by atoms with E-state index in [1.807, 2.05) is 13.8 Å². The molecule has 3 atom stereocenters. The zero-order valence-corrected chi connectivity index (χ0v) is 14.2. The van der Waals surface area contributed by atoms with Crippen LogP contribution in [0.2, 0.25) is 0 Å². The van der Waals surface area contributed by atoms with Crippen molar-refractivity contribution < 1.29 is 9.59 Å². The van der Waals surface area contributed by atoms with Crippen LogP contribution in [0.4, 0.5) is 0 Å². The molecule has 0 amide bonds. The quantitative estimate of drug-likeness (QED) is 0.389. The van der Waals surface area contributed by atoms with Gasteiger partial charge in [0.15, 0.2) is 11.3 Å². The summed E-state index contributed by atoms with van der Waals surface area (Å²) >= 11 is 0. The lowest BCUT2D eigenvalue weighted by molar-refractivity contribution is -0.123. The average Bonchev–Trinajstić information content (AvgIpc) is 2.51. The fourth-order valence-electron chi connectivity index (χ4n) is 2.12. The number of hydrogen-bond acceptors (Lipinski definition) is 7. The van der Waals surface area contributed by atoms with E-state index in [4.69, 9.17) is 11.6 Å². The Balaban J connectivity index is 2.79. The molecule has 1 rings (SSSR count). The van der Waals surface area contributed by atoms with Crippen molar-refractivity contribution in [2.24, 2.45) is 27.6 Å². The standard InChI is InChI=1S/C14H26N5O2P/c1-9(2)13(20)12-5-3-4-6-17-8-10(18-16)7-11(15)14(21)22-19-12/h8-9,11-12,19,22H,3-7,15-16H2,1-2H3. The Morgan fingerprint density at radius 3 is 2.86 bits per heavy atom. The molecule has 0 aliphatic carbocycles. The molecule has 3 unspecified atom stereocenters. The van der Waals surface area contributed by atoms with Gasteiger partial charge in [0.25, 0.3) is 0 Å². The molecule has 8 heteroatoms. The van der Waals surface area contributed by atoms with Crippen molar-refractivity contribution in [1.82, 2.24) is 5.09 Å². The van der Waals surface area contributed by atoms with Gasteiger partial charge in [-0.1, -0.05) is 13.8 Å². The normalized spacial score (nSPS) is 28.4. The third-order valence-electron chi connectivity index (χ3n) is 3.48. The third kappa shape index (κ3) is 6.30. The van der Waals surface area contributed by atoms with Crippen molar-refractivity contribution in [2.45, 2.75) is 51.6 Å². The van der Waals surface area contributed by atoms with Gasteiger partial charge in [0.05, 0.1) is 17.8 Å². The first-order chi connectivity index (χ1) is 10.5. The minimum absolute atomic E-state index is 0.0595. The average molecular weight is 327 g/mol. The molecule has 0 aromatic rings. The van der Waals surface area contributed by atoms with Crippen LogP contribution in [-0.4, -0.2) is 41.9 Å². The van der Waals surface area contributed by atoms with Crippen LogP contribution in [-0.2, 0) is 9.59 Å². The highest BCUT2D eigenvalue weighted by atomic mass is 31.1. The molecule has 7 nitrogen and oxygen atoms in total. The first-order valence-electron chi connectivity index (χ1n) is 7.57.